The first-order chi connectivity index (χ1) is 12.1. The van der Waals surface area contributed by atoms with Crippen molar-refractivity contribution in [1.29, 1.82) is 0 Å². The van der Waals surface area contributed by atoms with E-state index in [0.717, 1.165) is 12.0 Å². The van der Waals surface area contributed by atoms with E-state index in [0.29, 0.717) is 13.0 Å². The normalized spacial score (nSPS) is 18.2. The zero-order valence-corrected chi connectivity index (χ0v) is 16.1. The third kappa shape index (κ3) is 5.07. The second-order valence-electron chi connectivity index (χ2n) is 8.13. The zero-order valence-electron chi connectivity index (χ0n) is 16.1. The molecule has 142 valence electrons. The van der Waals surface area contributed by atoms with E-state index < -0.39 is 11.9 Å². The van der Waals surface area contributed by atoms with Crippen LogP contribution >= 0.6 is 0 Å². The van der Waals surface area contributed by atoms with Crippen molar-refractivity contribution in [2.45, 2.75) is 59.5 Å². The molecule has 1 fully saturated rings. The second-order valence-corrected chi connectivity index (χ2v) is 8.13. The molecule has 26 heavy (non-hydrogen) atoms. The molecule has 6 nitrogen and oxygen atoms in total. The van der Waals surface area contributed by atoms with Gasteiger partial charge in [-0.3, -0.25) is 14.4 Å². The van der Waals surface area contributed by atoms with Gasteiger partial charge in [0.05, 0.1) is 13.1 Å². The highest BCUT2D eigenvalue weighted by Gasteiger charge is 2.38. The number of amides is 3. The molecule has 6 heteroatoms. The van der Waals surface area contributed by atoms with Gasteiger partial charge in [0.15, 0.2) is 0 Å². The Labute approximate surface area is 155 Å². The standard InChI is InChI=1S/C20H29N3O3/c1-5-14-6-8-15(9-7-14)12-22-13-23(18(25)11-20(2,3)4)16(19(21)26)10-17(22)24/h6-9,16H,5,10-13H2,1-4H3,(H2,21,26). The van der Waals surface area contributed by atoms with E-state index in [1.807, 2.05) is 45.0 Å². The van der Waals surface area contributed by atoms with Crippen molar-refractivity contribution >= 4 is 17.7 Å². The maximum atomic E-state index is 12.7. The summed E-state index contributed by atoms with van der Waals surface area (Å²) in [5.74, 6) is -0.944. The number of aryl methyl sites for hydroxylation is 1. The van der Waals surface area contributed by atoms with Crippen molar-refractivity contribution in [2.24, 2.45) is 11.1 Å². The van der Waals surface area contributed by atoms with Gasteiger partial charge in [0.1, 0.15) is 6.04 Å². The van der Waals surface area contributed by atoms with Gasteiger partial charge >= 0.3 is 0 Å². The van der Waals surface area contributed by atoms with Gasteiger partial charge in [-0.05, 0) is 23.0 Å². The molecule has 2 rings (SSSR count). The Morgan fingerprint density at radius 1 is 1.15 bits per heavy atom. The largest absolute Gasteiger partial charge is 0.368 e. The van der Waals surface area contributed by atoms with Crippen LogP contribution in [0.5, 0.6) is 0 Å². The topological polar surface area (TPSA) is 83.7 Å². The lowest BCUT2D eigenvalue weighted by Crippen LogP contribution is -2.59. The predicted octanol–water partition coefficient (Wildman–Crippen LogP) is 2.06. The molecule has 1 aliphatic rings. The van der Waals surface area contributed by atoms with Crippen LogP contribution in [-0.2, 0) is 27.3 Å². The fourth-order valence-electron chi connectivity index (χ4n) is 3.07. The van der Waals surface area contributed by atoms with Crippen LogP contribution in [0.25, 0.3) is 0 Å². The zero-order chi connectivity index (χ0) is 19.5. The fraction of sp³-hybridized carbons (Fsp3) is 0.550. The number of benzene rings is 1. The lowest BCUT2D eigenvalue weighted by atomic mass is 9.91. The van der Waals surface area contributed by atoms with Crippen LogP contribution in [0.3, 0.4) is 0 Å². The summed E-state index contributed by atoms with van der Waals surface area (Å²) >= 11 is 0. The van der Waals surface area contributed by atoms with Crippen LogP contribution in [0.4, 0.5) is 0 Å². The Kier molecular flexibility index (Phi) is 6.05. The van der Waals surface area contributed by atoms with Gasteiger partial charge < -0.3 is 15.5 Å². The Bertz CT molecular complexity index is 677. The minimum Gasteiger partial charge on any atom is -0.368 e. The quantitative estimate of drug-likeness (QED) is 0.873. The molecule has 1 saturated heterocycles. The van der Waals surface area contributed by atoms with E-state index in [1.165, 1.54) is 10.5 Å². The van der Waals surface area contributed by atoms with Crippen LogP contribution in [0.1, 0.15) is 51.7 Å². The minimum atomic E-state index is -0.865. The third-order valence-corrected chi connectivity index (χ3v) is 4.55. The number of rotatable bonds is 5. The minimum absolute atomic E-state index is 0.0573. The first-order valence-electron chi connectivity index (χ1n) is 9.05. The Morgan fingerprint density at radius 2 is 1.73 bits per heavy atom. The lowest BCUT2D eigenvalue weighted by Gasteiger charge is -2.40. The number of carbonyl (C=O) groups is 3. The predicted molar refractivity (Wildman–Crippen MR) is 99.8 cm³/mol. The average Bonchev–Trinajstić information content (AvgIpc) is 2.55. The maximum absolute atomic E-state index is 12.7. The molecule has 0 aromatic heterocycles. The number of primary amides is 1. The molecule has 0 bridgehead atoms. The van der Waals surface area contributed by atoms with Crippen LogP contribution in [0.15, 0.2) is 24.3 Å². The van der Waals surface area contributed by atoms with Crippen LogP contribution in [0, 0.1) is 5.41 Å². The number of carbonyl (C=O) groups excluding carboxylic acids is 3. The summed E-state index contributed by atoms with van der Waals surface area (Å²) in [5, 5.41) is 0. The van der Waals surface area contributed by atoms with Crippen LogP contribution in [-0.4, -0.2) is 40.2 Å². The van der Waals surface area contributed by atoms with E-state index in [-0.39, 0.29) is 30.3 Å². The molecule has 1 heterocycles. The first kappa shape index (κ1) is 19.9. The highest BCUT2D eigenvalue weighted by atomic mass is 16.2. The second kappa shape index (κ2) is 7.89. The van der Waals surface area contributed by atoms with Gasteiger partial charge in [0.2, 0.25) is 17.7 Å². The highest BCUT2D eigenvalue weighted by Crippen LogP contribution is 2.24. The molecule has 1 aromatic carbocycles. The molecule has 1 atom stereocenters. The molecule has 3 amide bonds. The van der Waals surface area contributed by atoms with Gasteiger partial charge in [-0.15, -0.1) is 0 Å². The smallest absolute Gasteiger partial charge is 0.240 e. The van der Waals surface area contributed by atoms with Crippen molar-refractivity contribution in [2.75, 3.05) is 6.67 Å². The molecule has 0 spiro atoms. The van der Waals surface area contributed by atoms with E-state index in [9.17, 15) is 14.4 Å². The van der Waals surface area contributed by atoms with Crippen molar-refractivity contribution in [3.63, 3.8) is 0 Å². The van der Waals surface area contributed by atoms with Crippen molar-refractivity contribution in [3.05, 3.63) is 35.4 Å². The third-order valence-electron chi connectivity index (χ3n) is 4.55. The monoisotopic (exact) mass is 359 g/mol. The van der Waals surface area contributed by atoms with Crippen LogP contribution < -0.4 is 5.73 Å². The molecule has 0 saturated carbocycles. The van der Waals surface area contributed by atoms with E-state index >= 15 is 0 Å². The highest BCUT2D eigenvalue weighted by molar-refractivity contribution is 5.93. The summed E-state index contributed by atoms with van der Waals surface area (Å²) in [6, 6.07) is 7.20. The summed E-state index contributed by atoms with van der Waals surface area (Å²) in [6.07, 6.45) is 1.20. The summed E-state index contributed by atoms with van der Waals surface area (Å²) in [5.41, 5.74) is 7.47. The molecule has 0 aliphatic carbocycles. The average molecular weight is 359 g/mol. The maximum Gasteiger partial charge on any atom is 0.240 e. The van der Waals surface area contributed by atoms with Gasteiger partial charge in [0, 0.05) is 13.0 Å². The number of hydrogen-bond donors (Lipinski definition) is 1. The summed E-state index contributed by atoms with van der Waals surface area (Å²) in [7, 11) is 0. The van der Waals surface area contributed by atoms with Gasteiger partial charge in [-0.2, -0.15) is 0 Å². The summed E-state index contributed by atoms with van der Waals surface area (Å²) < 4.78 is 0. The SMILES string of the molecule is CCc1ccc(CN2CN(C(=O)CC(C)(C)C)C(C(N)=O)CC2=O)cc1. The lowest BCUT2D eigenvalue weighted by molar-refractivity contribution is -0.156. The number of nitrogens with zero attached hydrogens (tertiary/aromatic N) is 2. The molecular formula is C20H29N3O3. The fourth-order valence-corrected chi connectivity index (χ4v) is 3.07. The first-order valence-corrected chi connectivity index (χ1v) is 9.05. The van der Waals surface area contributed by atoms with E-state index in [4.69, 9.17) is 5.73 Å². The number of nitrogens with two attached hydrogens (primary N) is 1. The van der Waals surface area contributed by atoms with Gasteiger partial charge in [-0.25, -0.2) is 0 Å². The van der Waals surface area contributed by atoms with E-state index in [2.05, 4.69) is 6.92 Å². The summed E-state index contributed by atoms with van der Waals surface area (Å²) in [4.78, 5) is 40.0. The van der Waals surface area contributed by atoms with Crippen LogP contribution in [0.2, 0.25) is 0 Å². The van der Waals surface area contributed by atoms with Crippen molar-refractivity contribution < 1.29 is 14.4 Å². The van der Waals surface area contributed by atoms with Crippen molar-refractivity contribution in [3.8, 4) is 0 Å². The summed E-state index contributed by atoms with van der Waals surface area (Å²) in [6.45, 7) is 8.49. The van der Waals surface area contributed by atoms with Gasteiger partial charge in [-0.1, -0.05) is 52.0 Å². The van der Waals surface area contributed by atoms with Crippen molar-refractivity contribution in [1.82, 2.24) is 9.80 Å². The molecule has 2 N–H and O–H groups in total. The van der Waals surface area contributed by atoms with E-state index in [1.54, 1.807) is 4.90 Å². The number of hydrogen-bond acceptors (Lipinski definition) is 3. The Balaban J connectivity index is 2.16. The molecule has 0 radical (unpaired) electrons. The van der Waals surface area contributed by atoms with Gasteiger partial charge in [0.25, 0.3) is 0 Å². The molecule has 1 aromatic rings. The Morgan fingerprint density at radius 3 is 2.23 bits per heavy atom. The molecule has 1 unspecified atom stereocenters. The molecular weight excluding hydrogens is 330 g/mol. The molecule has 1 aliphatic heterocycles. The Hall–Kier alpha value is -2.37.